The van der Waals surface area contributed by atoms with Gasteiger partial charge in [-0.1, -0.05) is 6.08 Å². The van der Waals surface area contributed by atoms with Crippen molar-refractivity contribution in [3.8, 4) is 0 Å². The zero-order chi connectivity index (χ0) is 21.1. The van der Waals surface area contributed by atoms with Crippen LogP contribution in [0, 0.1) is 17.8 Å². The molecule has 0 aromatic carbocycles. The summed E-state index contributed by atoms with van der Waals surface area (Å²) in [6.45, 7) is 6.70. The average molecular weight is 394 g/mol. The summed E-state index contributed by atoms with van der Waals surface area (Å²) in [4.78, 5) is 51.8. The molecule has 0 amide bonds. The Morgan fingerprint density at radius 1 is 1.25 bits per heavy atom. The number of allylic oxidation sites excluding steroid dienone is 1. The van der Waals surface area contributed by atoms with Gasteiger partial charge in [-0.05, 0) is 32.4 Å². The molecule has 1 saturated heterocycles. The summed E-state index contributed by atoms with van der Waals surface area (Å²) in [5, 5.41) is 0. The molecule has 0 saturated carbocycles. The second kappa shape index (κ2) is 8.36. The number of ketones is 2. The van der Waals surface area contributed by atoms with Gasteiger partial charge in [0.25, 0.3) is 0 Å². The van der Waals surface area contributed by atoms with E-state index < -0.39 is 52.6 Å². The van der Waals surface area contributed by atoms with Gasteiger partial charge in [-0.15, -0.1) is 6.58 Å². The summed E-state index contributed by atoms with van der Waals surface area (Å²) < 4.78 is 21.4. The van der Waals surface area contributed by atoms with Crippen LogP contribution in [0.15, 0.2) is 24.8 Å². The van der Waals surface area contributed by atoms with Crippen LogP contribution in [0.4, 0.5) is 0 Å². The van der Waals surface area contributed by atoms with E-state index in [1.807, 2.05) is 0 Å². The summed E-state index contributed by atoms with van der Waals surface area (Å²) in [6.07, 6.45) is 4.73. The minimum Gasteiger partial charge on any atom is -0.468 e. The van der Waals surface area contributed by atoms with Crippen LogP contribution in [0.1, 0.15) is 26.7 Å². The Hall–Kier alpha value is -2.32. The van der Waals surface area contributed by atoms with Gasteiger partial charge < -0.3 is 18.9 Å². The van der Waals surface area contributed by atoms with Crippen LogP contribution >= 0.6 is 0 Å². The van der Waals surface area contributed by atoms with Gasteiger partial charge in [-0.3, -0.25) is 19.2 Å². The molecule has 154 valence electrons. The number of Topliss-reactive ketones (excluding diaryl/α,β-unsaturated/α-hetero) is 2. The van der Waals surface area contributed by atoms with E-state index in [-0.39, 0.29) is 13.0 Å². The fraction of sp³-hybridized carbons (Fsp3) is 0.600. The molecule has 8 heteroatoms. The molecule has 0 aromatic heterocycles. The van der Waals surface area contributed by atoms with Gasteiger partial charge in [0.05, 0.1) is 19.6 Å². The highest BCUT2D eigenvalue weighted by Gasteiger charge is 2.66. The number of carbonyl (C=O) groups excluding carboxylic acids is 4. The molecular weight excluding hydrogens is 368 g/mol. The fourth-order valence-corrected chi connectivity index (χ4v) is 3.83. The molecule has 2 rings (SSSR count). The molecule has 1 fully saturated rings. The Morgan fingerprint density at radius 2 is 1.93 bits per heavy atom. The zero-order valence-electron chi connectivity index (χ0n) is 16.6. The molecule has 2 heterocycles. The van der Waals surface area contributed by atoms with Crippen molar-refractivity contribution in [1.29, 1.82) is 0 Å². The minimum atomic E-state index is -1.71. The number of fused-ring (bicyclic) bond motifs is 2. The van der Waals surface area contributed by atoms with E-state index in [4.69, 9.17) is 18.9 Å². The first kappa shape index (κ1) is 22.0. The third-order valence-electron chi connectivity index (χ3n) is 5.21. The van der Waals surface area contributed by atoms with Gasteiger partial charge >= 0.3 is 11.9 Å². The number of hydrogen-bond acceptors (Lipinski definition) is 8. The van der Waals surface area contributed by atoms with Crippen molar-refractivity contribution < 1.29 is 38.1 Å². The SMILES string of the molecule is C=CCCC(=O)C1C(C(=O)OC)C(=O)[C@]2(C)C=C[C@@](OC)(O2)[C@H]1C(=O)OCC. The molecule has 0 aromatic rings. The fourth-order valence-electron chi connectivity index (χ4n) is 3.83. The van der Waals surface area contributed by atoms with E-state index in [0.717, 1.165) is 7.11 Å². The normalized spacial score (nSPS) is 33.9. The lowest BCUT2D eigenvalue weighted by Crippen LogP contribution is -2.52. The van der Waals surface area contributed by atoms with Crippen LogP contribution in [0.25, 0.3) is 0 Å². The molecule has 2 bridgehead atoms. The Labute approximate surface area is 163 Å². The van der Waals surface area contributed by atoms with Crippen molar-refractivity contribution >= 4 is 23.5 Å². The highest BCUT2D eigenvalue weighted by atomic mass is 16.7. The van der Waals surface area contributed by atoms with Gasteiger partial charge in [-0.2, -0.15) is 0 Å². The van der Waals surface area contributed by atoms with Crippen LogP contribution in [-0.4, -0.2) is 55.7 Å². The van der Waals surface area contributed by atoms with Crippen LogP contribution in [0.5, 0.6) is 0 Å². The zero-order valence-corrected chi connectivity index (χ0v) is 16.6. The quantitative estimate of drug-likeness (QED) is 0.345. The smallest absolute Gasteiger partial charge is 0.317 e. The Kier molecular flexibility index (Phi) is 6.56. The van der Waals surface area contributed by atoms with Crippen molar-refractivity contribution in [1.82, 2.24) is 0 Å². The molecule has 8 nitrogen and oxygen atoms in total. The van der Waals surface area contributed by atoms with E-state index in [1.54, 1.807) is 13.0 Å². The minimum absolute atomic E-state index is 0.00886. The van der Waals surface area contributed by atoms with E-state index in [2.05, 4.69) is 6.58 Å². The summed E-state index contributed by atoms with van der Waals surface area (Å²) in [5.74, 6) is -8.79. The van der Waals surface area contributed by atoms with Crippen molar-refractivity contribution in [2.45, 2.75) is 38.1 Å². The molecule has 28 heavy (non-hydrogen) atoms. The number of hydrogen-bond donors (Lipinski definition) is 0. The van der Waals surface area contributed by atoms with E-state index in [9.17, 15) is 19.2 Å². The molecule has 0 N–H and O–H groups in total. The molecule has 0 aliphatic carbocycles. The number of methoxy groups -OCH3 is 2. The predicted molar refractivity (Wildman–Crippen MR) is 96.9 cm³/mol. The summed E-state index contributed by atoms with van der Waals surface area (Å²) in [5.41, 5.74) is -1.55. The highest BCUT2D eigenvalue weighted by Crippen LogP contribution is 2.49. The van der Waals surface area contributed by atoms with Gasteiger partial charge in [0.15, 0.2) is 5.78 Å². The topological polar surface area (TPSA) is 105 Å². The summed E-state index contributed by atoms with van der Waals surface area (Å²) >= 11 is 0. The van der Waals surface area contributed by atoms with Crippen molar-refractivity contribution in [2.75, 3.05) is 20.8 Å². The molecular formula is C20H26O8. The highest BCUT2D eigenvalue weighted by molar-refractivity contribution is 6.09. The Morgan fingerprint density at radius 3 is 2.46 bits per heavy atom. The van der Waals surface area contributed by atoms with Crippen molar-refractivity contribution in [3.05, 3.63) is 24.8 Å². The maximum atomic E-state index is 13.2. The second-order valence-corrected chi connectivity index (χ2v) is 6.88. The molecule has 0 radical (unpaired) electrons. The molecule has 0 spiro atoms. The number of ether oxygens (including phenoxy) is 4. The van der Waals surface area contributed by atoms with Gasteiger partial charge in [0, 0.05) is 13.5 Å². The van der Waals surface area contributed by atoms with E-state index in [0.29, 0.717) is 6.42 Å². The standard InChI is InChI=1S/C20H26O8/c1-6-8-9-12(21)13-14(17(23)25-4)16(22)19(3)10-11-20(26-5,28-19)15(13)18(24)27-7-2/h6,10-11,13-15H,1,7-9H2,2-5H3/t13?,14?,15-,19+,20-/m1/s1. The van der Waals surface area contributed by atoms with E-state index >= 15 is 0 Å². The lowest BCUT2D eigenvalue weighted by molar-refractivity contribution is -0.245. The number of carbonyl (C=O) groups is 4. The maximum absolute atomic E-state index is 13.2. The van der Waals surface area contributed by atoms with E-state index in [1.165, 1.54) is 26.2 Å². The molecule has 2 aliphatic heterocycles. The van der Waals surface area contributed by atoms with Gasteiger partial charge in [-0.25, -0.2) is 0 Å². The largest absolute Gasteiger partial charge is 0.468 e. The predicted octanol–water partition coefficient (Wildman–Crippen LogP) is 1.38. The first-order valence-corrected chi connectivity index (χ1v) is 9.09. The lowest BCUT2D eigenvalue weighted by Gasteiger charge is -2.36. The third-order valence-corrected chi connectivity index (χ3v) is 5.21. The summed E-state index contributed by atoms with van der Waals surface area (Å²) in [7, 11) is 2.42. The van der Waals surface area contributed by atoms with Crippen LogP contribution in [0.3, 0.4) is 0 Å². The second-order valence-electron chi connectivity index (χ2n) is 6.88. The summed E-state index contributed by atoms with van der Waals surface area (Å²) in [6, 6.07) is 0. The van der Waals surface area contributed by atoms with Gasteiger partial charge in [0.1, 0.15) is 23.2 Å². The number of esters is 2. The van der Waals surface area contributed by atoms with Crippen molar-refractivity contribution in [3.63, 3.8) is 0 Å². The Balaban J connectivity index is 2.71. The average Bonchev–Trinajstić information content (AvgIpc) is 3.00. The van der Waals surface area contributed by atoms with Gasteiger partial charge in [0.2, 0.25) is 5.79 Å². The molecule has 2 aliphatic rings. The monoisotopic (exact) mass is 394 g/mol. The maximum Gasteiger partial charge on any atom is 0.317 e. The third kappa shape index (κ3) is 3.54. The molecule has 5 atom stereocenters. The first-order chi connectivity index (χ1) is 13.2. The first-order valence-electron chi connectivity index (χ1n) is 9.09. The molecule has 2 unspecified atom stereocenters. The van der Waals surface area contributed by atoms with Crippen LogP contribution < -0.4 is 0 Å². The van der Waals surface area contributed by atoms with Crippen molar-refractivity contribution in [2.24, 2.45) is 17.8 Å². The van der Waals surface area contributed by atoms with Crippen LogP contribution in [-0.2, 0) is 38.1 Å². The number of rotatable bonds is 8. The Bertz CT molecular complexity index is 711. The van der Waals surface area contributed by atoms with Crippen LogP contribution in [0.2, 0.25) is 0 Å². The lowest BCUT2D eigenvalue weighted by atomic mass is 9.69.